The summed E-state index contributed by atoms with van der Waals surface area (Å²) in [4.78, 5) is 21.3. The first-order valence-corrected chi connectivity index (χ1v) is 12.6. The van der Waals surface area contributed by atoms with Crippen LogP contribution in [0.2, 0.25) is 5.02 Å². The van der Waals surface area contributed by atoms with Crippen molar-refractivity contribution in [3.63, 3.8) is 0 Å². The van der Waals surface area contributed by atoms with Crippen molar-refractivity contribution >= 4 is 38.5 Å². The Morgan fingerprint density at radius 3 is 2.84 bits per heavy atom. The Morgan fingerprint density at radius 2 is 2.06 bits per heavy atom. The number of aromatic nitrogens is 2. The van der Waals surface area contributed by atoms with Crippen molar-refractivity contribution < 1.29 is 17.8 Å². The fraction of sp³-hybridized carbons (Fsp3) is 0.409. The van der Waals surface area contributed by atoms with Crippen LogP contribution in [0.3, 0.4) is 0 Å². The summed E-state index contributed by atoms with van der Waals surface area (Å²) in [5, 5.41) is 3.45. The molecule has 32 heavy (non-hydrogen) atoms. The number of fused-ring (bicyclic) bond motifs is 1. The monoisotopic (exact) mass is 472 g/mol. The van der Waals surface area contributed by atoms with Gasteiger partial charge in [-0.25, -0.2) is 19.0 Å². The lowest BCUT2D eigenvalue weighted by molar-refractivity contribution is 0.0886. The highest BCUT2D eigenvalue weighted by atomic mass is 35.5. The topological polar surface area (TPSA) is 122 Å². The molecule has 1 spiro atoms. The summed E-state index contributed by atoms with van der Waals surface area (Å²) in [6.07, 6.45) is 9.86. The number of hydrogen-bond acceptors (Lipinski definition) is 7. The number of amides is 1. The molecule has 3 aromatic heterocycles. The molecule has 0 aromatic carbocycles. The lowest BCUT2D eigenvalue weighted by atomic mass is 9.61. The minimum Gasteiger partial charge on any atom is -0.441 e. The van der Waals surface area contributed by atoms with Gasteiger partial charge in [0.1, 0.15) is 15.2 Å². The molecule has 2 atom stereocenters. The summed E-state index contributed by atoms with van der Waals surface area (Å²) in [7, 11) is -2.95. The van der Waals surface area contributed by atoms with Gasteiger partial charge in [0.2, 0.25) is 11.6 Å². The lowest BCUT2D eigenvalue weighted by Crippen LogP contribution is -2.38. The summed E-state index contributed by atoms with van der Waals surface area (Å²) in [5.74, 6) is 0.632. The number of hydrogen-bond donors (Lipinski definition) is 2. The average molecular weight is 473 g/mol. The molecule has 0 saturated heterocycles. The smallest absolute Gasteiger partial charge is 0.287 e. The van der Waals surface area contributed by atoms with E-state index in [9.17, 15) is 9.00 Å². The minimum atomic E-state index is -2.95. The Balaban J connectivity index is 1.08. The van der Waals surface area contributed by atoms with Crippen molar-refractivity contribution in [2.45, 2.75) is 54.4 Å². The summed E-state index contributed by atoms with van der Waals surface area (Å²) >= 11 is 5.98. The van der Waals surface area contributed by atoms with Crippen LogP contribution in [0, 0.1) is 10.2 Å². The molecular weight excluding hydrogens is 452 g/mol. The van der Waals surface area contributed by atoms with Crippen LogP contribution < -0.4 is 5.32 Å². The van der Waals surface area contributed by atoms with Gasteiger partial charge in [0.15, 0.2) is 10.9 Å². The Morgan fingerprint density at radius 1 is 1.25 bits per heavy atom. The van der Waals surface area contributed by atoms with E-state index < -0.39 is 9.73 Å². The summed E-state index contributed by atoms with van der Waals surface area (Å²) in [6.45, 7) is 0. The molecule has 6 rings (SSSR count). The molecule has 0 aliphatic heterocycles. The van der Waals surface area contributed by atoms with Crippen LogP contribution in [0.1, 0.15) is 54.5 Å². The van der Waals surface area contributed by atoms with Crippen LogP contribution in [0.25, 0.3) is 11.2 Å². The SMILES string of the molecule is N=S(=O)(c1ccc(C(=O)N[C@H]2C=C[C@]3(C2)C[C@@H](c2nc4cc(Cl)cnc4o2)C3)o1)C1CC1. The first-order chi connectivity index (χ1) is 15.3. The largest absolute Gasteiger partial charge is 0.441 e. The quantitative estimate of drug-likeness (QED) is 0.521. The Kier molecular flexibility index (Phi) is 4.32. The summed E-state index contributed by atoms with van der Waals surface area (Å²) < 4.78 is 31.8. The van der Waals surface area contributed by atoms with Crippen molar-refractivity contribution in [2.75, 3.05) is 0 Å². The molecule has 1 amide bonds. The second-order valence-electron chi connectivity index (χ2n) is 9.06. The maximum atomic E-state index is 12.6. The second-order valence-corrected chi connectivity index (χ2v) is 11.8. The third-order valence-electron chi connectivity index (χ3n) is 6.61. The van der Waals surface area contributed by atoms with Crippen LogP contribution >= 0.6 is 11.6 Å². The van der Waals surface area contributed by atoms with Crippen molar-refractivity contribution in [2.24, 2.45) is 5.41 Å². The molecule has 166 valence electrons. The maximum Gasteiger partial charge on any atom is 0.287 e. The highest BCUT2D eigenvalue weighted by molar-refractivity contribution is 7.93. The van der Waals surface area contributed by atoms with E-state index in [-0.39, 0.29) is 39.4 Å². The average Bonchev–Trinajstić information content (AvgIpc) is 3.15. The Labute approximate surface area is 189 Å². The highest BCUT2D eigenvalue weighted by Gasteiger charge is 2.48. The molecule has 10 heteroatoms. The number of rotatable bonds is 5. The van der Waals surface area contributed by atoms with E-state index in [4.69, 9.17) is 25.2 Å². The third-order valence-corrected chi connectivity index (χ3v) is 9.04. The zero-order valence-electron chi connectivity index (χ0n) is 17.0. The number of pyridine rings is 1. The van der Waals surface area contributed by atoms with Crippen LogP contribution in [-0.2, 0) is 9.73 Å². The van der Waals surface area contributed by atoms with Gasteiger partial charge < -0.3 is 14.2 Å². The number of oxazole rings is 1. The number of nitrogens with zero attached hydrogens (tertiary/aromatic N) is 2. The van der Waals surface area contributed by atoms with Gasteiger partial charge in [-0.1, -0.05) is 23.8 Å². The molecule has 3 aliphatic rings. The lowest BCUT2D eigenvalue weighted by Gasteiger charge is -2.43. The zero-order valence-corrected chi connectivity index (χ0v) is 18.6. The van der Waals surface area contributed by atoms with E-state index in [0.717, 1.165) is 32.1 Å². The fourth-order valence-corrected chi connectivity index (χ4v) is 6.56. The summed E-state index contributed by atoms with van der Waals surface area (Å²) in [6, 6.07) is 4.64. The molecule has 0 bridgehead atoms. The number of furan rings is 1. The zero-order chi connectivity index (χ0) is 22.1. The molecule has 3 heterocycles. The number of carbonyl (C=O) groups is 1. The predicted octanol–water partition coefficient (Wildman–Crippen LogP) is 4.66. The standard InChI is InChI=1S/C22H21ClN4O4S/c23-13-7-16-21(25-11-13)31-20(27-16)12-8-22(9-12)6-5-14(10-22)26-19(28)17-3-4-18(30-17)32(24,29)15-1-2-15/h3-7,11-12,14-15,24H,1-2,8-10H2,(H,26,28)/t12-,14-,22+,32?/m0/s1. The second kappa shape index (κ2) is 6.92. The third kappa shape index (κ3) is 3.34. The van der Waals surface area contributed by atoms with Crippen LogP contribution in [0.4, 0.5) is 0 Å². The molecule has 2 fully saturated rings. The molecule has 1 unspecified atom stereocenters. The van der Waals surface area contributed by atoms with E-state index in [1.54, 1.807) is 12.3 Å². The first-order valence-electron chi connectivity index (χ1n) is 10.6. The van der Waals surface area contributed by atoms with Crippen molar-refractivity contribution in [1.29, 1.82) is 4.78 Å². The van der Waals surface area contributed by atoms with E-state index in [1.807, 2.05) is 6.08 Å². The van der Waals surface area contributed by atoms with Crippen LogP contribution in [0.5, 0.6) is 0 Å². The van der Waals surface area contributed by atoms with E-state index >= 15 is 0 Å². The minimum absolute atomic E-state index is 0.0180. The van der Waals surface area contributed by atoms with Crippen molar-refractivity contribution in [3.8, 4) is 0 Å². The molecule has 8 nitrogen and oxygen atoms in total. The number of halogens is 1. The van der Waals surface area contributed by atoms with E-state index in [0.29, 0.717) is 22.1 Å². The van der Waals surface area contributed by atoms with E-state index in [2.05, 4.69) is 21.4 Å². The molecule has 2 saturated carbocycles. The number of carbonyl (C=O) groups excluding carboxylic acids is 1. The first kappa shape index (κ1) is 20.0. The van der Waals surface area contributed by atoms with Crippen molar-refractivity contribution in [3.05, 3.63) is 53.2 Å². The molecule has 0 radical (unpaired) electrons. The van der Waals surface area contributed by atoms with Gasteiger partial charge in [-0.2, -0.15) is 0 Å². The van der Waals surface area contributed by atoms with Gasteiger partial charge in [0.05, 0.1) is 10.3 Å². The van der Waals surface area contributed by atoms with Crippen molar-refractivity contribution in [1.82, 2.24) is 15.3 Å². The van der Waals surface area contributed by atoms with Crippen LogP contribution in [-0.4, -0.2) is 31.4 Å². The van der Waals surface area contributed by atoms with Gasteiger partial charge in [-0.05, 0) is 55.7 Å². The molecule has 2 N–H and O–H groups in total. The molecular formula is C22H21ClN4O4S. The fourth-order valence-electron chi connectivity index (χ4n) is 4.79. The van der Waals surface area contributed by atoms with Crippen LogP contribution in [0.15, 0.2) is 50.5 Å². The predicted molar refractivity (Wildman–Crippen MR) is 117 cm³/mol. The number of nitrogens with one attached hydrogen (secondary N) is 2. The number of allylic oxidation sites excluding steroid dienone is 1. The molecule has 3 aromatic rings. The van der Waals surface area contributed by atoms with Gasteiger partial charge in [-0.15, -0.1) is 0 Å². The van der Waals surface area contributed by atoms with Gasteiger partial charge in [0.25, 0.3) is 5.91 Å². The Bertz CT molecular complexity index is 1370. The van der Waals surface area contributed by atoms with Gasteiger partial charge >= 0.3 is 0 Å². The maximum absolute atomic E-state index is 12.6. The van der Waals surface area contributed by atoms with E-state index in [1.165, 1.54) is 12.1 Å². The van der Waals surface area contributed by atoms with Gasteiger partial charge in [0, 0.05) is 18.2 Å². The normalized spacial score (nSPS) is 28.7. The van der Waals surface area contributed by atoms with Gasteiger partial charge in [-0.3, -0.25) is 4.79 Å². The summed E-state index contributed by atoms with van der Waals surface area (Å²) in [5.41, 5.74) is 1.18. The molecule has 3 aliphatic carbocycles. The Hall–Kier alpha value is -2.65. The highest BCUT2D eigenvalue weighted by Crippen LogP contribution is 2.57.